The molecular weight excluding hydrogens is 822 g/mol. The van der Waals surface area contributed by atoms with Gasteiger partial charge in [-0.2, -0.15) is 6.07 Å². The van der Waals surface area contributed by atoms with E-state index in [1.165, 1.54) is 21.9 Å². The van der Waals surface area contributed by atoms with Crippen molar-refractivity contribution in [3.63, 3.8) is 0 Å². The minimum absolute atomic E-state index is 0. The molecule has 0 atom stereocenters. The Labute approximate surface area is 313 Å². The summed E-state index contributed by atoms with van der Waals surface area (Å²) in [7, 11) is 0. The molecule has 0 saturated carbocycles. The quantitative estimate of drug-likeness (QED) is 0.131. The average molecular weight is 849 g/mol. The van der Waals surface area contributed by atoms with Crippen molar-refractivity contribution in [2.75, 3.05) is 4.90 Å². The third-order valence-corrected chi connectivity index (χ3v) is 10.0. The van der Waals surface area contributed by atoms with E-state index >= 15 is 0 Å². The molecular formula is C45H27N5OPt. The standard InChI is InChI=1S/C45H27N5O.Pt/c1-2-11-31(12-3-1)49-41-18-7-5-16-37(41)38-25-30-24-29-10-9-21-46-44(29)50(42(30)28-43(38)49)32-13-8-14-33(26-32)51-34-19-20-35-36-15-4-6-17-40(36)48-23-22-47-45(48)39(35)27-34;/h1-23,25,28H,24H2;/q-2;+2. The first kappa shape index (κ1) is 30.6. The van der Waals surface area contributed by atoms with Gasteiger partial charge in [0.1, 0.15) is 5.82 Å². The Morgan fingerprint density at radius 3 is 2.25 bits per heavy atom. The minimum atomic E-state index is 0. The molecule has 0 spiro atoms. The van der Waals surface area contributed by atoms with Crippen LogP contribution in [0.2, 0.25) is 0 Å². The van der Waals surface area contributed by atoms with E-state index in [2.05, 4.69) is 140 Å². The fourth-order valence-electron chi connectivity index (χ4n) is 7.86. The summed E-state index contributed by atoms with van der Waals surface area (Å²) in [5.41, 5.74) is 9.71. The SMILES string of the molecule is [Pt+2].[c-]1c(Oc2[c-]c3c(cc2)c2ccccc2n2ccnc32)cccc1N1c2cc3c(cc2Cc2cccnc21)c1ccccc1n3-c1ccccc1. The molecule has 0 amide bonds. The normalized spacial score (nSPS) is 12.3. The Morgan fingerprint density at radius 2 is 1.37 bits per heavy atom. The third kappa shape index (κ3) is 4.61. The Hall–Kier alpha value is -6.23. The van der Waals surface area contributed by atoms with E-state index in [0.717, 1.165) is 67.7 Å². The zero-order chi connectivity index (χ0) is 33.5. The topological polar surface area (TPSA) is 47.6 Å². The molecule has 11 rings (SSSR count). The van der Waals surface area contributed by atoms with Crippen LogP contribution in [0, 0.1) is 12.1 Å². The molecule has 52 heavy (non-hydrogen) atoms. The van der Waals surface area contributed by atoms with Crippen LogP contribution in [0.1, 0.15) is 11.1 Å². The van der Waals surface area contributed by atoms with E-state index in [1.54, 1.807) is 0 Å². The summed E-state index contributed by atoms with van der Waals surface area (Å²) >= 11 is 0. The van der Waals surface area contributed by atoms with Gasteiger partial charge >= 0.3 is 21.1 Å². The summed E-state index contributed by atoms with van der Waals surface area (Å²) in [5.74, 6) is 2.08. The Balaban J connectivity index is 0.00000338. The number of fused-ring (bicyclic) bond motifs is 11. The molecule has 1 aliphatic heterocycles. The fraction of sp³-hybridized carbons (Fsp3) is 0.0222. The van der Waals surface area contributed by atoms with E-state index < -0.39 is 0 Å². The number of pyridine rings is 2. The summed E-state index contributed by atoms with van der Waals surface area (Å²) in [6.07, 6.45) is 6.47. The van der Waals surface area contributed by atoms with Crippen LogP contribution in [0.5, 0.6) is 11.5 Å². The molecule has 1 aliphatic rings. The first-order valence-electron chi connectivity index (χ1n) is 17.0. The van der Waals surface area contributed by atoms with Crippen molar-refractivity contribution in [3.8, 4) is 17.2 Å². The van der Waals surface area contributed by atoms with Gasteiger partial charge in [-0.1, -0.05) is 83.2 Å². The number of hydrogen-bond acceptors (Lipinski definition) is 4. The molecule has 0 fully saturated rings. The van der Waals surface area contributed by atoms with Crippen molar-refractivity contribution < 1.29 is 25.8 Å². The molecule has 0 radical (unpaired) electrons. The summed E-state index contributed by atoms with van der Waals surface area (Å²) in [4.78, 5) is 11.8. The third-order valence-electron chi connectivity index (χ3n) is 10.0. The summed E-state index contributed by atoms with van der Waals surface area (Å²) in [5, 5.41) is 5.60. The second-order valence-electron chi connectivity index (χ2n) is 12.9. The van der Waals surface area contributed by atoms with Gasteiger partial charge in [0.2, 0.25) is 0 Å². The Kier molecular flexibility index (Phi) is 7.02. The van der Waals surface area contributed by atoms with Gasteiger partial charge in [0, 0.05) is 58.5 Å². The van der Waals surface area contributed by atoms with E-state index in [0.29, 0.717) is 11.5 Å². The van der Waals surface area contributed by atoms with Crippen LogP contribution in [0.25, 0.3) is 54.8 Å². The monoisotopic (exact) mass is 848 g/mol. The molecule has 0 N–H and O–H groups in total. The van der Waals surface area contributed by atoms with Crippen molar-refractivity contribution in [3.05, 3.63) is 175 Å². The number of anilines is 3. The molecule has 5 heterocycles. The number of aromatic nitrogens is 4. The Morgan fingerprint density at radius 1 is 0.577 bits per heavy atom. The van der Waals surface area contributed by atoms with Crippen molar-refractivity contribution >= 4 is 66.3 Å². The van der Waals surface area contributed by atoms with E-state index in [-0.39, 0.29) is 21.1 Å². The average Bonchev–Trinajstić information content (AvgIpc) is 3.80. The molecule has 0 aliphatic carbocycles. The van der Waals surface area contributed by atoms with E-state index in [9.17, 15) is 0 Å². The van der Waals surface area contributed by atoms with Gasteiger partial charge < -0.3 is 18.6 Å². The van der Waals surface area contributed by atoms with Crippen LogP contribution in [0.4, 0.5) is 17.2 Å². The number of imidazole rings is 1. The fourth-order valence-corrected chi connectivity index (χ4v) is 7.86. The van der Waals surface area contributed by atoms with Crippen molar-refractivity contribution in [1.29, 1.82) is 0 Å². The maximum atomic E-state index is 6.52. The van der Waals surface area contributed by atoms with Gasteiger partial charge in [-0.25, -0.2) is 4.98 Å². The predicted molar refractivity (Wildman–Crippen MR) is 204 cm³/mol. The van der Waals surface area contributed by atoms with E-state index in [4.69, 9.17) is 9.72 Å². The predicted octanol–water partition coefficient (Wildman–Crippen LogP) is 10.9. The number of hydrogen-bond donors (Lipinski definition) is 0. The summed E-state index contributed by atoms with van der Waals surface area (Å²) < 4.78 is 11.0. The number of benzene rings is 6. The maximum Gasteiger partial charge on any atom is 2.00 e. The van der Waals surface area contributed by atoms with Gasteiger partial charge in [-0.3, -0.25) is 4.98 Å². The minimum Gasteiger partial charge on any atom is -0.503 e. The number of nitrogens with zero attached hydrogens (tertiary/aromatic N) is 5. The van der Waals surface area contributed by atoms with Crippen LogP contribution < -0.4 is 9.64 Å². The van der Waals surface area contributed by atoms with Crippen LogP contribution in [0.15, 0.2) is 152 Å². The second-order valence-corrected chi connectivity index (χ2v) is 12.9. The van der Waals surface area contributed by atoms with E-state index in [1.807, 2.05) is 42.9 Å². The summed E-state index contributed by atoms with van der Waals surface area (Å²) in [6, 6.07) is 53.7. The molecule has 6 aromatic carbocycles. The molecule has 6 nitrogen and oxygen atoms in total. The first-order chi connectivity index (χ1) is 25.3. The molecule has 0 bridgehead atoms. The van der Waals surface area contributed by atoms with Crippen LogP contribution in [0.3, 0.4) is 0 Å². The van der Waals surface area contributed by atoms with Gasteiger partial charge in [0.25, 0.3) is 0 Å². The van der Waals surface area contributed by atoms with Gasteiger partial charge in [0.05, 0.1) is 22.4 Å². The molecule has 248 valence electrons. The van der Waals surface area contributed by atoms with Crippen LogP contribution >= 0.6 is 0 Å². The molecule has 0 saturated heterocycles. The number of rotatable bonds is 4. The number of para-hydroxylation sites is 3. The molecule has 10 aromatic rings. The smallest absolute Gasteiger partial charge is 0.503 e. The first-order valence-corrected chi connectivity index (χ1v) is 17.0. The largest absolute Gasteiger partial charge is 2.00 e. The number of ether oxygens (including phenoxy) is 1. The van der Waals surface area contributed by atoms with Crippen molar-refractivity contribution in [1.82, 2.24) is 18.9 Å². The van der Waals surface area contributed by atoms with Gasteiger partial charge in [0.15, 0.2) is 0 Å². The van der Waals surface area contributed by atoms with Crippen molar-refractivity contribution in [2.45, 2.75) is 6.42 Å². The zero-order valence-electron chi connectivity index (χ0n) is 27.6. The van der Waals surface area contributed by atoms with Gasteiger partial charge in [-0.05, 0) is 59.0 Å². The molecule has 0 unspecified atom stereocenters. The summed E-state index contributed by atoms with van der Waals surface area (Å²) in [6.45, 7) is 0. The maximum absolute atomic E-state index is 6.52. The molecule has 7 heteroatoms. The van der Waals surface area contributed by atoms with Crippen molar-refractivity contribution in [2.24, 2.45) is 0 Å². The van der Waals surface area contributed by atoms with Crippen LogP contribution in [-0.4, -0.2) is 18.9 Å². The van der Waals surface area contributed by atoms with Gasteiger partial charge in [-0.15, -0.1) is 30.3 Å². The zero-order valence-corrected chi connectivity index (χ0v) is 29.9. The Bertz CT molecular complexity index is 3000. The molecule has 4 aromatic heterocycles. The van der Waals surface area contributed by atoms with Crippen LogP contribution in [-0.2, 0) is 27.5 Å². The second kappa shape index (κ2) is 11.9.